The third-order valence-electron chi connectivity index (χ3n) is 5.39. The van der Waals surface area contributed by atoms with Crippen LogP contribution >= 0.6 is 0 Å². The monoisotopic (exact) mass is 400 g/mol. The molecule has 0 spiro atoms. The molecule has 1 aliphatic heterocycles. The number of carbonyl (C=O) groups excluding carboxylic acids is 1. The number of aromatic carboxylic acids is 1. The number of likely N-dealkylation sites (tertiary alicyclic amines) is 1. The highest BCUT2D eigenvalue weighted by Crippen LogP contribution is 2.35. The van der Waals surface area contributed by atoms with Crippen LogP contribution in [0.4, 0.5) is 0 Å². The van der Waals surface area contributed by atoms with Crippen LogP contribution < -0.4 is 0 Å². The van der Waals surface area contributed by atoms with Gasteiger partial charge in [0.25, 0.3) is 5.91 Å². The Morgan fingerprint density at radius 1 is 1.13 bits per heavy atom. The normalized spacial score (nSPS) is 15.7. The van der Waals surface area contributed by atoms with Gasteiger partial charge in [0, 0.05) is 12.1 Å². The molecule has 1 saturated heterocycles. The van der Waals surface area contributed by atoms with Gasteiger partial charge >= 0.3 is 5.97 Å². The number of rotatable bonds is 4. The molecule has 1 aromatic heterocycles. The van der Waals surface area contributed by atoms with E-state index in [0.717, 1.165) is 24.4 Å². The van der Waals surface area contributed by atoms with E-state index in [1.54, 1.807) is 35.2 Å². The molecule has 4 rings (SSSR count). The van der Waals surface area contributed by atoms with Crippen molar-refractivity contribution in [1.82, 2.24) is 4.90 Å². The highest BCUT2D eigenvalue weighted by Gasteiger charge is 2.33. The second-order valence-corrected chi connectivity index (χ2v) is 7.37. The van der Waals surface area contributed by atoms with Crippen LogP contribution in [0.25, 0.3) is 11.1 Å². The fraction of sp³-hybridized carbons (Fsp3) is 0.208. The van der Waals surface area contributed by atoms with Crippen LogP contribution in [0.5, 0.6) is 0 Å². The molecule has 1 aliphatic rings. The van der Waals surface area contributed by atoms with Crippen LogP contribution in [-0.4, -0.2) is 28.4 Å². The number of nitrogens with zero attached hydrogens (tertiary/aromatic N) is 2. The van der Waals surface area contributed by atoms with Gasteiger partial charge < -0.3 is 14.4 Å². The van der Waals surface area contributed by atoms with E-state index in [4.69, 9.17) is 4.42 Å². The number of carboxylic acid groups (broad SMARTS) is 1. The molecule has 1 fully saturated rings. The summed E-state index contributed by atoms with van der Waals surface area (Å²) in [5.41, 5.74) is 1.83. The van der Waals surface area contributed by atoms with Gasteiger partial charge in [-0.3, -0.25) is 4.79 Å². The molecule has 0 bridgehead atoms. The zero-order valence-electron chi connectivity index (χ0n) is 16.5. The van der Waals surface area contributed by atoms with Crippen molar-refractivity contribution in [3.63, 3.8) is 0 Å². The van der Waals surface area contributed by atoms with Crippen molar-refractivity contribution in [2.45, 2.75) is 25.8 Å². The largest absolute Gasteiger partial charge is 0.478 e. The summed E-state index contributed by atoms with van der Waals surface area (Å²) >= 11 is 0. The number of hydrogen-bond acceptors (Lipinski definition) is 4. The van der Waals surface area contributed by atoms with E-state index in [1.807, 2.05) is 19.1 Å². The summed E-state index contributed by atoms with van der Waals surface area (Å²) in [5.74, 6) is 0.153. The summed E-state index contributed by atoms with van der Waals surface area (Å²) in [6, 6.07) is 17.2. The third kappa shape index (κ3) is 3.58. The SMILES string of the molecule is Cc1ccc(C2CCCN2C(=O)c2cc(C(=O)O)cc(-c3ccccc3C#N)c2)o1. The molecule has 3 aromatic rings. The molecule has 6 heteroatoms. The number of amides is 1. The summed E-state index contributed by atoms with van der Waals surface area (Å²) in [5, 5.41) is 19.0. The zero-order chi connectivity index (χ0) is 21.3. The van der Waals surface area contributed by atoms with Crippen LogP contribution in [0.3, 0.4) is 0 Å². The maximum absolute atomic E-state index is 13.4. The van der Waals surface area contributed by atoms with Gasteiger partial charge in [0.2, 0.25) is 0 Å². The van der Waals surface area contributed by atoms with Crippen molar-refractivity contribution < 1.29 is 19.1 Å². The van der Waals surface area contributed by atoms with Crippen molar-refractivity contribution in [2.24, 2.45) is 0 Å². The predicted molar refractivity (Wildman–Crippen MR) is 110 cm³/mol. The first-order valence-electron chi connectivity index (χ1n) is 9.73. The van der Waals surface area contributed by atoms with E-state index in [1.165, 1.54) is 12.1 Å². The van der Waals surface area contributed by atoms with Gasteiger partial charge in [-0.25, -0.2) is 4.79 Å². The van der Waals surface area contributed by atoms with Gasteiger partial charge in [-0.15, -0.1) is 0 Å². The average Bonchev–Trinajstić information content (AvgIpc) is 3.41. The highest BCUT2D eigenvalue weighted by atomic mass is 16.4. The molecule has 1 unspecified atom stereocenters. The Balaban J connectivity index is 1.76. The summed E-state index contributed by atoms with van der Waals surface area (Å²) in [6.07, 6.45) is 1.64. The van der Waals surface area contributed by atoms with Crippen molar-refractivity contribution in [3.8, 4) is 17.2 Å². The maximum atomic E-state index is 13.4. The van der Waals surface area contributed by atoms with Crippen molar-refractivity contribution in [1.29, 1.82) is 5.26 Å². The molecule has 2 heterocycles. The van der Waals surface area contributed by atoms with E-state index in [9.17, 15) is 20.0 Å². The molecule has 0 saturated carbocycles. The smallest absolute Gasteiger partial charge is 0.335 e. The first kappa shape index (κ1) is 19.5. The number of hydrogen-bond donors (Lipinski definition) is 1. The standard InChI is InChI=1S/C24H20N2O4/c1-15-8-9-22(30-15)21-7-4-10-26(21)23(27)18-11-17(12-19(13-18)24(28)29)20-6-3-2-5-16(20)14-25/h2-3,5-6,8-9,11-13,21H,4,7,10H2,1H3,(H,28,29). The summed E-state index contributed by atoms with van der Waals surface area (Å²) in [7, 11) is 0. The minimum absolute atomic E-state index is 0.00758. The molecule has 1 amide bonds. The van der Waals surface area contributed by atoms with E-state index in [-0.39, 0.29) is 23.1 Å². The Morgan fingerprint density at radius 3 is 2.60 bits per heavy atom. The number of nitriles is 1. The maximum Gasteiger partial charge on any atom is 0.335 e. The minimum Gasteiger partial charge on any atom is -0.478 e. The molecular weight excluding hydrogens is 380 g/mol. The Hall–Kier alpha value is -3.85. The lowest BCUT2D eigenvalue weighted by atomic mass is 9.96. The Morgan fingerprint density at radius 2 is 1.90 bits per heavy atom. The minimum atomic E-state index is -1.13. The number of carbonyl (C=O) groups is 2. The topological polar surface area (TPSA) is 94.5 Å². The van der Waals surface area contributed by atoms with E-state index >= 15 is 0 Å². The molecule has 6 nitrogen and oxygen atoms in total. The summed E-state index contributed by atoms with van der Waals surface area (Å²) in [4.78, 5) is 26.8. The lowest BCUT2D eigenvalue weighted by Gasteiger charge is -2.24. The summed E-state index contributed by atoms with van der Waals surface area (Å²) < 4.78 is 5.74. The van der Waals surface area contributed by atoms with Crippen LogP contribution in [0.2, 0.25) is 0 Å². The van der Waals surface area contributed by atoms with Gasteiger partial charge in [0.15, 0.2) is 0 Å². The van der Waals surface area contributed by atoms with E-state index in [2.05, 4.69) is 6.07 Å². The average molecular weight is 400 g/mol. The Bertz CT molecular complexity index is 1170. The van der Waals surface area contributed by atoms with Crippen molar-refractivity contribution in [3.05, 3.63) is 82.8 Å². The fourth-order valence-electron chi connectivity index (χ4n) is 3.97. The van der Waals surface area contributed by atoms with Gasteiger partial charge in [0.1, 0.15) is 11.5 Å². The van der Waals surface area contributed by atoms with Gasteiger partial charge in [-0.1, -0.05) is 18.2 Å². The first-order valence-corrected chi connectivity index (χ1v) is 9.73. The van der Waals surface area contributed by atoms with Gasteiger partial charge in [-0.2, -0.15) is 5.26 Å². The van der Waals surface area contributed by atoms with Crippen LogP contribution in [0, 0.1) is 18.3 Å². The van der Waals surface area contributed by atoms with Crippen LogP contribution in [0.15, 0.2) is 59.0 Å². The van der Waals surface area contributed by atoms with Gasteiger partial charge in [-0.05, 0) is 67.3 Å². The molecule has 2 aromatic carbocycles. The van der Waals surface area contributed by atoms with Crippen LogP contribution in [-0.2, 0) is 0 Å². The number of benzene rings is 2. The molecule has 150 valence electrons. The van der Waals surface area contributed by atoms with Gasteiger partial charge in [0.05, 0.1) is 23.2 Å². The molecule has 30 heavy (non-hydrogen) atoms. The second kappa shape index (κ2) is 7.88. The van der Waals surface area contributed by atoms with Crippen LogP contribution in [0.1, 0.15) is 56.7 Å². The third-order valence-corrected chi connectivity index (χ3v) is 5.39. The highest BCUT2D eigenvalue weighted by molar-refractivity contribution is 6.00. The molecule has 1 atom stereocenters. The molecule has 0 aliphatic carbocycles. The molecule has 0 radical (unpaired) electrons. The molecule has 1 N–H and O–H groups in total. The number of carboxylic acids is 1. The second-order valence-electron chi connectivity index (χ2n) is 7.37. The predicted octanol–water partition coefficient (Wildman–Crippen LogP) is 4.80. The Kier molecular flexibility index (Phi) is 5.11. The number of furan rings is 1. The summed E-state index contributed by atoms with van der Waals surface area (Å²) in [6.45, 7) is 2.44. The van der Waals surface area contributed by atoms with Crippen molar-refractivity contribution >= 4 is 11.9 Å². The molecular formula is C24H20N2O4. The Labute approximate surface area is 174 Å². The first-order chi connectivity index (χ1) is 14.5. The quantitative estimate of drug-likeness (QED) is 0.679. The van der Waals surface area contributed by atoms with Crippen molar-refractivity contribution in [2.75, 3.05) is 6.54 Å². The lowest BCUT2D eigenvalue weighted by molar-refractivity contribution is 0.0697. The number of aryl methyl sites for hydroxylation is 1. The fourth-order valence-corrected chi connectivity index (χ4v) is 3.97. The van der Waals surface area contributed by atoms with E-state index in [0.29, 0.717) is 23.2 Å². The lowest BCUT2D eigenvalue weighted by Crippen LogP contribution is -2.30. The van der Waals surface area contributed by atoms with E-state index < -0.39 is 5.97 Å². The zero-order valence-corrected chi connectivity index (χ0v) is 16.5.